The second-order valence-corrected chi connectivity index (χ2v) is 19.6. The van der Waals surface area contributed by atoms with E-state index in [1.54, 1.807) is 0 Å². The molecule has 1 heterocycles. The molecular formula is C42H58N2O5S. The summed E-state index contributed by atoms with van der Waals surface area (Å²) in [4.78, 5) is 41.8. The highest BCUT2D eigenvalue weighted by Crippen LogP contribution is 2.72. The molecule has 1 aliphatic heterocycles. The molecule has 7 unspecified atom stereocenters. The third kappa shape index (κ3) is 5.65. The molecule has 0 spiro atoms. The molecule has 7 atom stereocenters. The minimum absolute atomic E-state index is 0.00585. The van der Waals surface area contributed by atoms with Gasteiger partial charge in [0.15, 0.2) is 5.78 Å². The van der Waals surface area contributed by atoms with Gasteiger partial charge in [-0.15, -0.1) is 0 Å². The van der Waals surface area contributed by atoms with Gasteiger partial charge < -0.3 is 14.6 Å². The van der Waals surface area contributed by atoms with E-state index in [2.05, 4.69) is 70.0 Å². The van der Waals surface area contributed by atoms with Crippen molar-refractivity contribution in [2.24, 2.45) is 45.8 Å². The summed E-state index contributed by atoms with van der Waals surface area (Å²) >= 11 is -0.781. The molecule has 5 aliphatic carbocycles. The number of ether oxygens (including phenoxy) is 1. The molecule has 1 saturated heterocycles. The molecule has 6 aliphatic rings. The summed E-state index contributed by atoms with van der Waals surface area (Å²) in [6.45, 7) is 16.0. The van der Waals surface area contributed by atoms with Crippen LogP contribution in [0.1, 0.15) is 109 Å². The lowest BCUT2D eigenvalue weighted by atomic mass is 9.37. The minimum atomic E-state index is -0.781. The molecule has 8 heteroatoms. The van der Waals surface area contributed by atoms with Crippen LogP contribution in [0.15, 0.2) is 41.5 Å². The van der Waals surface area contributed by atoms with Crippen LogP contribution in [0.3, 0.4) is 0 Å². The molecule has 1 aromatic rings. The SMILES string of the molecule is COC(=O)c1ccc(C2=CCC3(C)C(CCC4(C)C5CCC6(NC(=O)CN7CC[S+]([O-])CC7)CC(=O)C(C(C)C)=C6C5CCC43)C2(C)C)cc1. The van der Waals surface area contributed by atoms with Gasteiger partial charge in [-0.3, -0.25) is 14.5 Å². The summed E-state index contributed by atoms with van der Waals surface area (Å²) in [7, 11) is 1.42. The lowest BCUT2D eigenvalue weighted by molar-refractivity contribution is -0.154. The van der Waals surface area contributed by atoms with E-state index in [9.17, 15) is 18.9 Å². The molecule has 7 nitrogen and oxygen atoms in total. The molecule has 0 bridgehead atoms. The molecule has 3 saturated carbocycles. The fourth-order valence-corrected chi connectivity index (χ4v) is 13.9. The lowest BCUT2D eigenvalue weighted by Crippen LogP contribution is -2.63. The Hall–Kier alpha value is -2.42. The zero-order valence-corrected chi connectivity index (χ0v) is 32.2. The number of benzene rings is 1. The van der Waals surface area contributed by atoms with Gasteiger partial charge in [0, 0.05) is 19.5 Å². The second kappa shape index (κ2) is 12.9. The fraction of sp³-hybridized carbons (Fsp3) is 0.690. The first-order valence-corrected chi connectivity index (χ1v) is 20.7. The molecule has 1 amide bonds. The number of hydrogen-bond donors (Lipinski definition) is 1. The fourth-order valence-electron chi connectivity index (χ4n) is 12.8. The maximum atomic E-state index is 13.9. The summed E-state index contributed by atoms with van der Waals surface area (Å²) < 4.78 is 16.9. The normalized spacial score (nSPS) is 37.0. The molecule has 1 aromatic carbocycles. The summed E-state index contributed by atoms with van der Waals surface area (Å²) in [5, 5.41) is 3.51. The third-order valence-electron chi connectivity index (χ3n) is 14.8. The number of nitrogens with one attached hydrogen (secondary N) is 1. The number of methoxy groups -OCH3 is 1. The highest BCUT2D eigenvalue weighted by atomic mass is 32.2. The summed E-state index contributed by atoms with van der Waals surface area (Å²) in [5.41, 5.74) is 5.20. The van der Waals surface area contributed by atoms with E-state index in [1.165, 1.54) is 36.7 Å². The second-order valence-electron chi connectivity index (χ2n) is 17.9. The molecule has 0 aromatic heterocycles. The number of fused-ring (bicyclic) bond motifs is 7. The van der Waals surface area contributed by atoms with Gasteiger partial charge in [-0.25, -0.2) is 4.79 Å². The Morgan fingerprint density at radius 2 is 1.68 bits per heavy atom. The topological polar surface area (TPSA) is 98.8 Å². The maximum Gasteiger partial charge on any atom is 0.337 e. The van der Waals surface area contributed by atoms with Crippen molar-refractivity contribution in [1.82, 2.24) is 10.2 Å². The Balaban J connectivity index is 1.16. The van der Waals surface area contributed by atoms with Gasteiger partial charge in [0.2, 0.25) is 5.91 Å². The molecule has 1 N–H and O–H groups in total. The van der Waals surface area contributed by atoms with Crippen molar-refractivity contribution < 1.29 is 23.7 Å². The van der Waals surface area contributed by atoms with Crippen LogP contribution in [-0.4, -0.2) is 70.9 Å². The summed E-state index contributed by atoms with van der Waals surface area (Å²) in [5.74, 6) is 3.26. The number of carbonyl (C=O) groups excluding carboxylic acids is 3. The van der Waals surface area contributed by atoms with Crippen molar-refractivity contribution in [3.63, 3.8) is 0 Å². The number of nitrogens with zero attached hydrogens (tertiary/aromatic N) is 1. The zero-order valence-electron chi connectivity index (χ0n) is 31.4. The van der Waals surface area contributed by atoms with Crippen LogP contribution >= 0.6 is 0 Å². The number of carbonyl (C=O) groups is 3. The highest BCUT2D eigenvalue weighted by molar-refractivity contribution is 7.91. The minimum Gasteiger partial charge on any atom is -0.616 e. The molecule has 7 rings (SSSR count). The molecule has 50 heavy (non-hydrogen) atoms. The van der Waals surface area contributed by atoms with Crippen LogP contribution in [0.4, 0.5) is 0 Å². The van der Waals surface area contributed by atoms with Gasteiger partial charge in [-0.2, -0.15) is 0 Å². The molecular weight excluding hydrogens is 645 g/mol. The van der Waals surface area contributed by atoms with Crippen LogP contribution in [0.5, 0.6) is 0 Å². The smallest absolute Gasteiger partial charge is 0.337 e. The van der Waals surface area contributed by atoms with Crippen molar-refractivity contribution in [2.75, 3.05) is 38.2 Å². The van der Waals surface area contributed by atoms with Crippen molar-refractivity contribution in [1.29, 1.82) is 0 Å². The van der Waals surface area contributed by atoms with Gasteiger partial charge >= 0.3 is 5.97 Å². The lowest BCUT2D eigenvalue weighted by Gasteiger charge is -2.68. The summed E-state index contributed by atoms with van der Waals surface area (Å²) in [6.07, 6.45) is 10.4. The van der Waals surface area contributed by atoms with E-state index in [0.29, 0.717) is 66.8 Å². The van der Waals surface area contributed by atoms with Crippen LogP contribution in [0.2, 0.25) is 0 Å². The zero-order chi connectivity index (χ0) is 35.8. The number of esters is 1. The van der Waals surface area contributed by atoms with Crippen LogP contribution < -0.4 is 5.32 Å². The number of rotatable bonds is 6. The third-order valence-corrected chi connectivity index (χ3v) is 16.1. The Morgan fingerprint density at radius 3 is 2.34 bits per heavy atom. The van der Waals surface area contributed by atoms with E-state index in [1.807, 2.05) is 12.1 Å². The standard InChI is InChI=1S/C42H58N2O5S/c1-26(2)36-32(45)24-42(43-35(46)25-44-20-22-50(48)23-21-44)19-15-31-29(37(36)42)12-13-34-40(31,5)18-16-33-39(3,4)30(14-17-41(33,34)6)27-8-10-28(11-9-27)38(47)49-7/h8-11,14,26,29,31,33-34H,12-13,15-25H2,1-7H3,(H,43,46). The number of Topliss-reactive ketones (excluding diaryl/α,β-unsaturated/α-hetero) is 1. The Labute approximate surface area is 302 Å². The van der Waals surface area contributed by atoms with Gasteiger partial charge in [0.05, 0.1) is 24.8 Å². The first kappa shape index (κ1) is 36.0. The van der Waals surface area contributed by atoms with Gasteiger partial charge in [-0.1, -0.05) is 70.9 Å². The number of amides is 1. The van der Waals surface area contributed by atoms with Crippen LogP contribution in [0, 0.1) is 45.8 Å². The predicted octanol–water partition coefficient (Wildman–Crippen LogP) is 6.99. The van der Waals surface area contributed by atoms with Gasteiger partial charge in [0.25, 0.3) is 0 Å². The highest BCUT2D eigenvalue weighted by Gasteiger charge is 2.65. The largest absolute Gasteiger partial charge is 0.616 e. The Morgan fingerprint density at radius 1 is 0.980 bits per heavy atom. The average Bonchev–Trinajstić information content (AvgIpc) is 3.37. The predicted molar refractivity (Wildman–Crippen MR) is 199 cm³/mol. The number of ketones is 1. The molecule has 272 valence electrons. The monoisotopic (exact) mass is 702 g/mol. The number of hydrogen-bond acceptors (Lipinski definition) is 6. The quantitative estimate of drug-likeness (QED) is 0.254. The maximum absolute atomic E-state index is 13.9. The van der Waals surface area contributed by atoms with Crippen LogP contribution in [0.25, 0.3) is 5.57 Å². The van der Waals surface area contributed by atoms with Crippen LogP contribution in [-0.2, 0) is 25.5 Å². The van der Waals surface area contributed by atoms with Crippen molar-refractivity contribution in [2.45, 2.75) is 98.4 Å². The van der Waals surface area contributed by atoms with E-state index >= 15 is 0 Å². The van der Waals surface area contributed by atoms with E-state index in [0.717, 1.165) is 37.7 Å². The Kier molecular flexibility index (Phi) is 9.28. The van der Waals surface area contributed by atoms with E-state index in [-0.39, 0.29) is 39.8 Å². The van der Waals surface area contributed by atoms with E-state index in [4.69, 9.17) is 4.74 Å². The van der Waals surface area contributed by atoms with Crippen molar-refractivity contribution >= 4 is 34.4 Å². The first-order chi connectivity index (χ1) is 23.6. The van der Waals surface area contributed by atoms with Crippen molar-refractivity contribution in [3.8, 4) is 0 Å². The average molecular weight is 703 g/mol. The van der Waals surface area contributed by atoms with Gasteiger partial charge in [-0.05, 0) is 125 Å². The molecule has 4 fully saturated rings. The summed E-state index contributed by atoms with van der Waals surface area (Å²) in [6, 6.07) is 7.96. The first-order valence-electron chi connectivity index (χ1n) is 19.2. The van der Waals surface area contributed by atoms with Crippen molar-refractivity contribution in [3.05, 3.63) is 52.6 Å². The van der Waals surface area contributed by atoms with Gasteiger partial charge in [0.1, 0.15) is 11.5 Å². The van der Waals surface area contributed by atoms with E-state index < -0.39 is 16.7 Å². The number of allylic oxidation sites excluding steroid dienone is 3. The Bertz CT molecular complexity index is 1610. The molecule has 0 radical (unpaired) electrons.